The van der Waals surface area contributed by atoms with E-state index in [9.17, 15) is 4.79 Å². The lowest BCUT2D eigenvalue weighted by Crippen LogP contribution is -1.85. The molecule has 0 amide bonds. The fourth-order valence-corrected chi connectivity index (χ4v) is 0.355. The third-order valence-electron chi connectivity index (χ3n) is 0.723. The Morgan fingerprint density at radius 3 is 2.56 bits per heavy atom. The molecule has 0 aromatic heterocycles. The Morgan fingerprint density at radius 1 is 1.44 bits per heavy atom. The second-order valence-corrected chi connectivity index (χ2v) is 1.50. The van der Waals surface area contributed by atoms with Crippen LogP contribution in [0.4, 0.5) is 0 Å². The molecule has 0 fully saturated rings. The molecule has 3 heteroatoms. The van der Waals surface area contributed by atoms with Crippen molar-refractivity contribution in [2.24, 2.45) is 0 Å². The van der Waals surface area contributed by atoms with Gasteiger partial charge in [0.1, 0.15) is 0 Å². The maximum Gasteiger partial charge on any atom is 0.327 e. The van der Waals surface area contributed by atoms with Crippen LogP contribution in [0.2, 0.25) is 0 Å². The van der Waals surface area contributed by atoms with E-state index in [2.05, 4.69) is 0 Å². The first-order chi connectivity index (χ1) is 4.27. The van der Waals surface area contributed by atoms with E-state index in [0.717, 1.165) is 12.7 Å². The molecule has 0 saturated heterocycles. The number of unbranched alkanes of at least 4 members (excludes halogenated alkanes) is 1. The highest BCUT2D eigenvalue weighted by Crippen LogP contribution is 1.91. The summed E-state index contributed by atoms with van der Waals surface area (Å²) in [6.07, 6.45) is 3.63. The van der Waals surface area contributed by atoms with Crippen molar-refractivity contribution >= 4 is 5.97 Å². The van der Waals surface area contributed by atoms with Crippen molar-refractivity contribution < 1.29 is 15.0 Å². The lowest BCUT2D eigenvalue weighted by Gasteiger charge is -1.84. The van der Waals surface area contributed by atoms with Crippen molar-refractivity contribution in [3.63, 3.8) is 0 Å². The third-order valence-corrected chi connectivity index (χ3v) is 0.723. The summed E-state index contributed by atoms with van der Waals surface area (Å²) >= 11 is 0. The molecule has 0 aliphatic carbocycles. The van der Waals surface area contributed by atoms with Crippen LogP contribution in [0, 0.1) is 6.61 Å². The Labute approximate surface area is 53.6 Å². The molecule has 0 aromatic carbocycles. The number of hydrogen-bond donors (Lipinski definition) is 2. The standard InChI is InChI=1S/C6H9O3/c7-5-3-1-2-4-6(8)9/h2,4-5,7H,1,3H2,(H,8,9). The second-order valence-electron chi connectivity index (χ2n) is 1.50. The van der Waals surface area contributed by atoms with Crippen molar-refractivity contribution in [3.05, 3.63) is 18.8 Å². The van der Waals surface area contributed by atoms with Crippen LogP contribution < -0.4 is 0 Å². The zero-order valence-electron chi connectivity index (χ0n) is 4.95. The largest absolute Gasteiger partial charge is 0.478 e. The minimum Gasteiger partial charge on any atom is -0.478 e. The molecule has 0 heterocycles. The Hall–Kier alpha value is -0.830. The number of carboxylic acid groups (broad SMARTS) is 1. The van der Waals surface area contributed by atoms with Gasteiger partial charge in [-0.25, -0.2) is 4.79 Å². The number of carboxylic acids is 1. The molecule has 0 atom stereocenters. The smallest absolute Gasteiger partial charge is 0.327 e. The van der Waals surface area contributed by atoms with E-state index < -0.39 is 5.97 Å². The van der Waals surface area contributed by atoms with Gasteiger partial charge in [0.15, 0.2) is 0 Å². The number of aliphatic carboxylic acids is 1. The first-order valence-corrected chi connectivity index (χ1v) is 2.62. The zero-order chi connectivity index (χ0) is 7.11. The van der Waals surface area contributed by atoms with Gasteiger partial charge in [0, 0.05) is 6.08 Å². The molecule has 0 rings (SSSR count). The number of carbonyl (C=O) groups is 1. The van der Waals surface area contributed by atoms with Crippen molar-refractivity contribution in [3.8, 4) is 0 Å². The average Bonchev–Trinajstić information content (AvgIpc) is 1.80. The first kappa shape index (κ1) is 8.17. The molecule has 0 bridgehead atoms. The molecule has 9 heavy (non-hydrogen) atoms. The summed E-state index contributed by atoms with van der Waals surface area (Å²) in [4.78, 5) is 9.80. The molecule has 51 valence electrons. The van der Waals surface area contributed by atoms with Gasteiger partial charge in [0.05, 0.1) is 6.61 Å². The third kappa shape index (κ3) is 7.17. The second kappa shape index (κ2) is 5.31. The number of aliphatic hydroxyl groups is 1. The lowest BCUT2D eigenvalue weighted by atomic mass is 10.3. The van der Waals surface area contributed by atoms with E-state index in [1.807, 2.05) is 0 Å². The fraction of sp³-hybridized carbons (Fsp3) is 0.333. The number of allylic oxidation sites excluding steroid dienone is 1. The van der Waals surface area contributed by atoms with Crippen LogP contribution >= 0.6 is 0 Å². The van der Waals surface area contributed by atoms with Crippen LogP contribution in [-0.2, 0) is 4.79 Å². The molecule has 2 N–H and O–H groups in total. The van der Waals surface area contributed by atoms with Gasteiger partial charge in [-0.2, -0.15) is 0 Å². The highest BCUT2D eigenvalue weighted by molar-refractivity contribution is 5.79. The molecule has 0 aromatic rings. The van der Waals surface area contributed by atoms with Gasteiger partial charge in [0.2, 0.25) is 0 Å². The number of aliphatic hydroxyl groups excluding tert-OH is 1. The van der Waals surface area contributed by atoms with Gasteiger partial charge in [-0.3, -0.25) is 0 Å². The lowest BCUT2D eigenvalue weighted by molar-refractivity contribution is -0.131. The topological polar surface area (TPSA) is 57.5 Å². The molecule has 1 radical (unpaired) electrons. The van der Waals surface area contributed by atoms with E-state index in [-0.39, 0.29) is 0 Å². The first-order valence-electron chi connectivity index (χ1n) is 2.62. The monoisotopic (exact) mass is 129 g/mol. The Bertz CT molecular complexity index is 107. The van der Waals surface area contributed by atoms with E-state index >= 15 is 0 Å². The van der Waals surface area contributed by atoms with E-state index in [1.54, 1.807) is 0 Å². The minimum atomic E-state index is -0.951. The summed E-state index contributed by atoms with van der Waals surface area (Å²) in [6.45, 7) is 1.01. The number of rotatable bonds is 4. The molecule has 0 aliphatic rings. The molecular formula is C6H9O3. The van der Waals surface area contributed by atoms with Gasteiger partial charge in [0.25, 0.3) is 0 Å². The normalized spacial score (nSPS) is 10.3. The Kier molecular flexibility index (Phi) is 4.82. The van der Waals surface area contributed by atoms with Crippen LogP contribution in [0.25, 0.3) is 0 Å². The van der Waals surface area contributed by atoms with Crippen LogP contribution in [0.1, 0.15) is 12.8 Å². The summed E-state index contributed by atoms with van der Waals surface area (Å²) in [5, 5.41) is 16.2. The van der Waals surface area contributed by atoms with Crippen LogP contribution in [0.3, 0.4) is 0 Å². The summed E-state index contributed by atoms with van der Waals surface area (Å²) in [6, 6.07) is 0. The molecule has 0 spiro atoms. The summed E-state index contributed by atoms with van der Waals surface area (Å²) in [5.74, 6) is -0.951. The molecular weight excluding hydrogens is 120 g/mol. The fourth-order valence-electron chi connectivity index (χ4n) is 0.355. The van der Waals surface area contributed by atoms with Crippen molar-refractivity contribution in [1.29, 1.82) is 0 Å². The van der Waals surface area contributed by atoms with Crippen molar-refractivity contribution in [2.45, 2.75) is 12.8 Å². The van der Waals surface area contributed by atoms with Gasteiger partial charge < -0.3 is 10.2 Å². The maximum atomic E-state index is 9.80. The van der Waals surface area contributed by atoms with E-state index in [4.69, 9.17) is 10.2 Å². The Balaban J connectivity index is 3.15. The van der Waals surface area contributed by atoms with E-state index in [1.165, 1.54) is 6.08 Å². The quantitative estimate of drug-likeness (QED) is 0.438. The Morgan fingerprint density at radius 2 is 2.11 bits per heavy atom. The van der Waals surface area contributed by atoms with Gasteiger partial charge >= 0.3 is 5.97 Å². The van der Waals surface area contributed by atoms with Gasteiger partial charge in [-0.05, 0) is 12.8 Å². The predicted molar refractivity (Wildman–Crippen MR) is 32.2 cm³/mol. The van der Waals surface area contributed by atoms with Crippen LogP contribution in [0.15, 0.2) is 12.2 Å². The van der Waals surface area contributed by atoms with Crippen LogP contribution in [-0.4, -0.2) is 16.2 Å². The summed E-state index contributed by atoms with van der Waals surface area (Å²) in [5.41, 5.74) is 0. The maximum absolute atomic E-state index is 9.80. The minimum absolute atomic E-state index is 0.504. The zero-order valence-corrected chi connectivity index (χ0v) is 4.95. The summed E-state index contributed by atoms with van der Waals surface area (Å²) < 4.78 is 0. The molecule has 0 aliphatic heterocycles. The van der Waals surface area contributed by atoms with E-state index in [0.29, 0.717) is 12.8 Å². The molecule has 3 nitrogen and oxygen atoms in total. The molecule has 0 saturated carbocycles. The highest BCUT2D eigenvalue weighted by atomic mass is 16.4. The van der Waals surface area contributed by atoms with Crippen molar-refractivity contribution in [1.82, 2.24) is 0 Å². The summed E-state index contributed by atoms with van der Waals surface area (Å²) in [7, 11) is 0. The SMILES string of the molecule is O=C(O)C=CCC[CH]O. The van der Waals surface area contributed by atoms with Gasteiger partial charge in [-0.15, -0.1) is 0 Å². The van der Waals surface area contributed by atoms with Crippen molar-refractivity contribution in [2.75, 3.05) is 0 Å². The highest BCUT2D eigenvalue weighted by Gasteiger charge is 1.83. The van der Waals surface area contributed by atoms with Crippen LogP contribution in [0.5, 0.6) is 0 Å². The predicted octanol–water partition coefficient (Wildman–Crippen LogP) is 0.942. The average molecular weight is 129 g/mol. The van der Waals surface area contributed by atoms with Gasteiger partial charge in [-0.1, -0.05) is 6.08 Å². The number of hydrogen-bond acceptors (Lipinski definition) is 2. The molecule has 0 unspecified atom stereocenters.